The Balaban J connectivity index is 0.00000529. The van der Waals surface area contributed by atoms with Crippen molar-refractivity contribution in [3.05, 3.63) is 35.4 Å². The molecule has 7 heteroatoms. The molecule has 2 unspecified atom stereocenters. The van der Waals surface area contributed by atoms with Gasteiger partial charge in [-0.2, -0.15) is 0 Å². The lowest BCUT2D eigenvalue weighted by atomic mass is 9.99. The number of halogens is 1. The minimum absolute atomic E-state index is 0. The van der Waals surface area contributed by atoms with Crippen LogP contribution in [-0.4, -0.2) is 38.4 Å². The van der Waals surface area contributed by atoms with E-state index < -0.39 is 15.9 Å². The largest absolute Gasteiger partial charge is 0.352 e. The summed E-state index contributed by atoms with van der Waals surface area (Å²) in [6.45, 7) is 6.21. The second-order valence-electron chi connectivity index (χ2n) is 6.54. The molecule has 1 aromatic carbocycles. The SMILES string of the molecule is CC(Cc1ccc(C(C)C)cc1)NC(=O)C(N)CCS(C)(=O)=O.Cl. The highest BCUT2D eigenvalue weighted by atomic mass is 35.5. The summed E-state index contributed by atoms with van der Waals surface area (Å²) in [6.07, 6.45) is 1.99. The molecule has 3 N–H and O–H groups in total. The zero-order chi connectivity index (χ0) is 17.6. The molecule has 0 heterocycles. The van der Waals surface area contributed by atoms with Gasteiger partial charge in [0.15, 0.2) is 0 Å². The van der Waals surface area contributed by atoms with E-state index in [1.54, 1.807) is 0 Å². The van der Waals surface area contributed by atoms with Gasteiger partial charge in [-0.3, -0.25) is 4.79 Å². The monoisotopic (exact) mass is 376 g/mol. The van der Waals surface area contributed by atoms with Crippen LogP contribution in [-0.2, 0) is 21.1 Å². The fraction of sp³-hybridized carbons (Fsp3) is 0.588. The van der Waals surface area contributed by atoms with E-state index in [9.17, 15) is 13.2 Å². The maximum absolute atomic E-state index is 12.0. The van der Waals surface area contributed by atoms with Crippen molar-refractivity contribution in [2.75, 3.05) is 12.0 Å². The highest BCUT2D eigenvalue weighted by molar-refractivity contribution is 7.90. The summed E-state index contributed by atoms with van der Waals surface area (Å²) in [4.78, 5) is 12.0. The zero-order valence-electron chi connectivity index (χ0n) is 14.8. The van der Waals surface area contributed by atoms with E-state index in [0.717, 1.165) is 11.8 Å². The minimum Gasteiger partial charge on any atom is -0.352 e. The Morgan fingerprint density at radius 1 is 1.17 bits per heavy atom. The van der Waals surface area contributed by atoms with E-state index in [0.29, 0.717) is 12.3 Å². The van der Waals surface area contributed by atoms with Gasteiger partial charge in [0, 0.05) is 12.3 Å². The van der Waals surface area contributed by atoms with Crippen molar-refractivity contribution in [2.24, 2.45) is 5.73 Å². The third-order valence-corrected chi connectivity index (χ3v) is 4.69. The Kier molecular flexibility index (Phi) is 9.55. The molecule has 24 heavy (non-hydrogen) atoms. The quantitative estimate of drug-likeness (QED) is 0.726. The van der Waals surface area contributed by atoms with Gasteiger partial charge in [0.25, 0.3) is 0 Å². The molecular weight excluding hydrogens is 348 g/mol. The molecule has 2 atom stereocenters. The fourth-order valence-electron chi connectivity index (χ4n) is 2.27. The second kappa shape index (κ2) is 10.0. The molecule has 5 nitrogen and oxygen atoms in total. The predicted molar refractivity (Wildman–Crippen MR) is 101 cm³/mol. The van der Waals surface area contributed by atoms with Crippen molar-refractivity contribution in [3.63, 3.8) is 0 Å². The van der Waals surface area contributed by atoms with E-state index in [1.807, 2.05) is 6.92 Å². The number of sulfone groups is 1. The molecule has 0 aromatic heterocycles. The van der Waals surface area contributed by atoms with Crippen molar-refractivity contribution in [1.29, 1.82) is 0 Å². The van der Waals surface area contributed by atoms with Gasteiger partial charge in [0.2, 0.25) is 5.91 Å². The minimum atomic E-state index is -3.10. The Morgan fingerprint density at radius 2 is 1.71 bits per heavy atom. The molecule has 0 aliphatic carbocycles. The molecule has 0 aliphatic rings. The lowest BCUT2D eigenvalue weighted by Crippen LogP contribution is -2.45. The molecular formula is C17H29ClN2O3S. The summed E-state index contributed by atoms with van der Waals surface area (Å²) in [5.41, 5.74) is 8.17. The van der Waals surface area contributed by atoms with Gasteiger partial charge in [-0.1, -0.05) is 38.1 Å². The normalized spacial score (nSPS) is 13.9. The number of carbonyl (C=O) groups is 1. The highest BCUT2D eigenvalue weighted by Crippen LogP contribution is 2.15. The molecule has 1 rings (SSSR count). The molecule has 0 spiro atoms. The number of hydrogen-bond donors (Lipinski definition) is 2. The number of nitrogens with two attached hydrogens (primary N) is 1. The number of benzene rings is 1. The summed E-state index contributed by atoms with van der Waals surface area (Å²) in [6, 6.07) is 7.49. The van der Waals surface area contributed by atoms with Crippen LogP contribution in [0.15, 0.2) is 24.3 Å². The van der Waals surface area contributed by atoms with Crippen LogP contribution < -0.4 is 11.1 Å². The Labute approximate surface area is 151 Å². The highest BCUT2D eigenvalue weighted by Gasteiger charge is 2.17. The average Bonchev–Trinajstić information content (AvgIpc) is 2.44. The van der Waals surface area contributed by atoms with Crippen molar-refractivity contribution in [3.8, 4) is 0 Å². The van der Waals surface area contributed by atoms with Gasteiger partial charge in [0.1, 0.15) is 9.84 Å². The second-order valence-corrected chi connectivity index (χ2v) is 8.79. The van der Waals surface area contributed by atoms with Gasteiger partial charge < -0.3 is 11.1 Å². The number of nitrogens with one attached hydrogen (secondary N) is 1. The standard InChI is InChI=1S/C17H28N2O3S.ClH/c1-12(2)15-7-5-14(6-8-15)11-13(3)19-17(20)16(18)9-10-23(4,21)22;/h5-8,12-13,16H,9-11,18H2,1-4H3,(H,19,20);1H. The van der Waals surface area contributed by atoms with Crippen LogP contribution in [0.5, 0.6) is 0 Å². The van der Waals surface area contributed by atoms with Crippen molar-refractivity contribution >= 4 is 28.2 Å². The number of hydrogen-bond acceptors (Lipinski definition) is 4. The van der Waals surface area contributed by atoms with Gasteiger partial charge in [-0.05, 0) is 36.8 Å². The molecule has 0 saturated heterocycles. The van der Waals surface area contributed by atoms with Crippen LogP contribution in [0.3, 0.4) is 0 Å². The molecule has 0 fully saturated rings. The first-order chi connectivity index (χ1) is 10.6. The first-order valence-corrected chi connectivity index (χ1v) is 9.97. The molecule has 138 valence electrons. The summed E-state index contributed by atoms with van der Waals surface area (Å²) < 4.78 is 22.2. The zero-order valence-corrected chi connectivity index (χ0v) is 16.4. The molecule has 1 aromatic rings. The van der Waals surface area contributed by atoms with Crippen molar-refractivity contribution in [1.82, 2.24) is 5.32 Å². The summed E-state index contributed by atoms with van der Waals surface area (Å²) in [7, 11) is -3.10. The number of amides is 1. The fourth-order valence-corrected chi connectivity index (χ4v) is 2.95. The predicted octanol–water partition coefficient (Wildman–Crippen LogP) is 2.04. The average molecular weight is 377 g/mol. The number of carbonyl (C=O) groups excluding carboxylic acids is 1. The van der Waals surface area contributed by atoms with E-state index in [1.165, 1.54) is 5.56 Å². The van der Waals surface area contributed by atoms with Crippen LogP contribution in [0.4, 0.5) is 0 Å². The Hall–Kier alpha value is -1.11. The third kappa shape index (κ3) is 8.66. The lowest BCUT2D eigenvalue weighted by Gasteiger charge is -2.18. The van der Waals surface area contributed by atoms with E-state index >= 15 is 0 Å². The van der Waals surface area contributed by atoms with Gasteiger partial charge in [0.05, 0.1) is 11.8 Å². The first kappa shape index (κ1) is 22.9. The maximum Gasteiger partial charge on any atom is 0.237 e. The molecule has 0 radical (unpaired) electrons. The third-order valence-electron chi connectivity index (χ3n) is 3.71. The Morgan fingerprint density at radius 3 is 2.17 bits per heavy atom. The van der Waals surface area contributed by atoms with E-state index in [2.05, 4.69) is 43.4 Å². The van der Waals surface area contributed by atoms with Gasteiger partial charge >= 0.3 is 0 Å². The summed E-state index contributed by atoms with van der Waals surface area (Å²) in [5.74, 6) is 0.112. The molecule has 0 bridgehead atoms. The topological polar surface area (TPSA) is 89.3 Å². The first-order valence-electron chi connectivity index (χ1n) is 7.91. The van der Waals surface area contributed by atoms with Gasteiger partial charge in [-0.25, -0.2) is 8.42 Å². The smallest absolute Gasteiger partial charge is 0.237 e. The summed E-state index contributed by atoms with van der Waals surface area (Å²) in [5, 5.41) is 2.84. The van der Waals surface area contributed by atoms with E-state index in [-0.39, 0.29) is 36.5 Å². The molecule has 0 aliphatic heterocycles. The maximum atomic E-state index is 12.0. The van der Waals surface area contributed by atoms with Crippen LogP contribution >= 0.6 is 12.4 Å². The van der Waals surface area contributed by atoms with Crippen LogP contribution in [0, 0.1) is 0 Å². The van der Waals surface area contributed by atoms with Crippen molar-refractivity contribution in [2.45, 2.75) is 51.6 Å². The summed E-state index contributed by atoms with van der Waals surface area (Å²) >= 11 is 0. The van der Waals surface area contributed by atoms with Crippen LogP contribution in [0.1, 0.15) is 44.2 Å². The van der Waals surface area contributed by atoms with Crippen LogP contribution in [0.2, 0.25) is 0 Å². The number of rotatable bonds is 8. The molecule has 1 amide bonds. The van der Waals surface area contributed by atoms with Crippen LogP contribution in [0.25, 0.3) is 0 Å². The van der Waals surface area contributed by atoms with Crippen molar-refractivity contribution < 1.29 is 13.2 Å². The van der Waals surface area contributed by atoms with Gasteiger partial charge in [-0.15, -0.1) is 12.4 Å². The van der Waals surface area contributed by atoms with E-state index in [4.69, 9.17) is 5.73 Å². The molecule has 0 saturated carbocycles. The lowest BCUT2D eigenvalue weighted by molar-refractivity contribution is -0.122. The Bertz CT molecular complexity index is 615.